The highest BCUT2D eigenvalue weighted by Crippen LogP contribution is 2.23. The number of hydrogen-bond acceptors (Lipinski definition) is 4. The van der Waals surface area contributed by atoms with E-state index in [0.717, 1.165) is 0 Å². The highest BCUT2D eigenvalue weighted by molar-refractivity contribution is 6.30. The number of nitrogens with one attached hydrogen (secondary N) is 1. The molecular weight excluding hydrogens is 416 g/mol. The first kappa shape index (κ1) is 21.7. The molecule has 0 radical (unpaired) electrons. The van der Waals surface area contributed by atoms with Gasteiger partial charge in [-0.15, -0.1) is 0 Å². The van der Waals surface area contributed by atoms with Gasteiger partial charge in [-0.3, -0.25) is 9.59 Å². The Morgan fingerprint density at radius 1 is 1.20 bits per heavy atom. The molecule has 0 bridgehead atoms. The number of hydrogen-bond donors (Lipinski definition) is 1. The van der Waals surface area contributed by atoms with Crippen molar-refractivity contribution in [2.24, 2.45) is 5.92 Å². The summed E-state index contributed by atoms with van der Waals surface area (Å²) < 4.78 is 29.4. The lowest BCUT2D eigenvalue weighted by Crippen LogP contribution is -2.40. The fraction of sp³-hybridized carbons (Fsp3) is 0.286. The quantitative estimate of drug-likeness (QED) is 0.689. The zero-order valence-electron chi connectivity index (χ0n) is 15.9. The number of rotatable bonds is 6. The van der Waals surface area contributed by atoms with Crippen LogP contribution in [-0.2, 0) is 9.59 Å². The molecule has 1 aliphatic heterocycles. The standard InChI is InChI=1S/C21H20ClF2N3O3/c22-16-6-7-18(25-13-16)26-20(29)15-9-11-27(12-10-15)19(28)8-5-14-3-1-2-4-17(14)30-21(23)24/h1-8,13,15,21H,9-12H2,(H,25,26,29). The van der Waals surface area contributed by atoms with Crippen LogP contribution in [0.15, 0.2) is 48.7 Å². The summed E-state index contributed by atoms with van der Waals surface area (Å²) in [4.78, 5) is 30.5. The molecule has 158 valence electrons. The number of alkyl halides is 2. The Morgan fingerprint density at radius 3 is 2.60 bits per heavy atom. The second-order valence-corrected chi connectivity index (χ2v) is 7.14. The molecule has 1 saturated heterocycles. The largest absolute Gasteiger partial charge is 0.434 e. The minimum Gasteiger partial charge on any atom is -0.434 e. The van der Waals surface area contributed by atoms with Gasteiger partial charge in [-0.2, -0.15) is 8.78 Å². The van der Waals surface area contributed by atoms with E-state index < -0.39 is 6.61 Å². The molecular formula is C21H20ClF2N3O3. The van der Waals surface area contributed by atoms with E-state index in [-0.39, 0.29) is 23.5 Å². The van der Waals surface area contributed by atoms with Crippen molar-refractivity contribution < 1.29 is 23.1 Å². The van der Waals surface area contributed by atoms with Crippen LogP contribution in [0.5, 0.6) is 5.75 Å². The summed E-state index contributed by atoms with van der Waals surface area (Å²) >= 11 is 5.78. The molecule has 1 fully saturated rings. The summed E-state index contributed by atoms with van der Waals surface area (Å²) in [6.07, 6.45) is 5.26. The predicted octanol–water partition coefficient (Wildman–Crippen LogP) is 4.23. The summed E-state index contributed by atoms with van der Waals surface area (Å²) in [5, 5.41) is 3.23. The second-order valence-electron chi connectivity index (χ2n) is 6.70. The van der Waals surface area contributed by atoms with Crippen molar-refractivity contribution in [2.75, 3.05) is 18.4 Å². The number of carbonyl (C=O) groups excluding carboxylic acids is 2. The van der Waals surface area contributed by atoms with Gasteiger partial charge in [-0.05, 0) is 37.1 Å². The smallest absolute Gasteiger partial charge is 0.387 e. The maximum atomic E-state index is 12.5. The number of anilines is 1. The second kappa shape index (κ2) is 10.2. The molecule has 0 unspecified atom stereocenters. The molecule has 2 heterocycles. The summed E-state index contributed by atoms with van der Waals surface area (Å²) in [6, 6.07) is 9.51. The van der Waals surface area contributed by atoms with E-state index in [1.165, 1.54) is 24.4 Å². The Kier molecular flexibility index (Phi) is 7.35. The van der Waals surface area contributed by atoms with Crippen molar-refractivity contribution in [1.29, 1.82) is 0 Å². The van der Waals surface area contributed by atoms with Gasteiger partial charge in [0.05, 0.1) is 5.02 Å². The van der Waals surface area contributed by atoms with Gasteiger partial charge in [0.2, 0.25) is 11.8 Å². The van der Waals surface area contributed by atoms with Gasteiger partial charge in [0.1, 0.15) is 11.6 Å². The van der Waals surface area contributed by atoms with Crippen LogP contribution in [0.2, 0.25) is 5.02 Å². The minimum absolute atomic E-state index is 0.00254. The normalized spacial score (nSPS) is 14.9. The lowest BCUT2D eigenvalue weighted by molar-refractivity contribution is -0.130. The molecule has 1 N–H and O–H groups in total. The topological polar surface area (TPSA) is 71.5 Å². The fourth-order valence-electron chi connectivity index (χ4n) is 3.13. The number of nitrogens with zero attached hydrogens (tertiary/aromatic N) is 2. The predicted molar refractivity (Wildman–Crippen MR) is 109 cm³/mol. The maximum Gasteiger partial charge on any atom is 0.387 e. The number of aromatic nitrogens is 1. The van der Waals surface area contributed by atoms with Crippen molar-refractivity contribution in [3.05, 3.63) is 59.3 Å². The first-order valence-corrected chi connectivity index (χ1v) is 9.73. The van der Waals surface area contributed by atoms with Crippen LogP contribution >= 0.6 is 11.6 Å². The van der Waals surface area contributed by atoms with Crippen LogP contribution in [0.4, 0.5) is 14.6 Å². The third-order valence-electron chi connectivity index (χ3n) is 4.70. The zero-order chi connectivity index (χ0) is 21.5. The van der Waals surface area contributed by atoms with E-state index in [2.05, 4.69) is 15.0 Å². The highest BCUT2D eigenvalue weighted by atomic mass is 35.5. The Bertz CT molecular complexity index is 914. The van der Waals surface area contributed by atoms with Crippen LogP contribution < -0.4 is 10.1 Å². The third-order valence-corrected chi connectivity index (χ3v) is 4.92. The summed E-state index contributed by atoms with van der Waals surface area (Å²) in [7, 11) is 0. The van der Waals surface area contributed by atoms with Gasteiger partial charge in [0.15, 0.2) is 0 Å². The molecule has 0 atom stereocenters. The number of para-hydroxylation sites is 1. The van der Waals surface area contributed by atoms with Gasteiger partial charge >= 0.3 is 6.61 Å². The lowest BCUT2D eigenvalue weighted by atomic mass is 9.96. The number of amides is 2. The third kappa shape index (κ3) is 6.00. The van der Waals surface area contributed by atoms with Crippen molar-refractivity contribution >= 4 is 35.3 Å². The monoisotopic (exact) mass is 435 g/mol. The van der Waals surface area contributed by atoms with E-state index in [0.29, 0.717) is 42.3 Å². The average Bonchev–Trinajstić information content (AvgIpc) is 2.74. The number of likely N-dealkylation sites (tertiary alicyclic amines) is 1. The summed E-state index contributed by atoms with van der Waals surface area (Å²) in [5.41, 5.74) is 0.385. The minimum atomic E-state index is -2.94. The van der Waals surface area contributed by atoms with Crippen LogP contribution in [0.25, 0.3) is 6.08 Å². The van der Waals surface area contributed by atoms with Gasteiger partial charge < -0.3 is 15.0 Å². The molecule has 6 nitrogen and oxygen atoms in total. The number of pyridine rings is 1. The number of piperidine rings is 1. The zero-order valence-corrected chi connectivity index (χ0v) is 16.7. The summed E-state index contributed by atoms with van der Waals surface area (Å²) in [6.45, 7) is -2.10. The molecule has 9 heteroatoms. The molecule has 3 rings (SSSR count). The SMILES string of the molecule is O=C(Nc1ccc(Cl)cn1)C1CCN(C(=O)C=Cc2ccccc2OC(F)F)CC1. The van der Waals surface area contributed by atoms with Crippen molar-refractivity contribution in [1.82, 2.24) is 9.88 Å². The van der Waals surface area contributed by atoms with Gasteiger partial charge in [-0.25, -0.2) is 4.98 Å². The Labute approximate surface area is 177 Å². The molecule has 1 aromatic heterocycles. The van der Waals surface area contributed by atoms with E-state index >= 15 is 0 Å². The highest BCUT2D eigenvalue weighted by Gasteiger charge is 2.26. The molecule has 0 spiro atoms. The van der Waals surface area contributed by atoms with Crippen molar-refractivity contribution in [3.63, 3.8) is 0 Å². The molecule has 1 aliphatic rings. The fourth-order valence-corrected chi connectivity index (χ4v) is 3.24. The first-order valence-electron chi connectivity index (χ1n) is 9.35. The van der Waals surface area contributed by atoms with Crippen LogP contribution in [0.3, 0.4) is 0 Å². The number of ether oxygens (including phenoxy) is 1. The Hall–Kier alpha value is -3.00. The molecule has 1 aromatic carbocycles. The molecule has 0 aliphatic carbocycles. The Morgan fingerprint density at radius 2 is 1.93 bits per heavy atom. The van der Waals surface area contributed by atoms with Gasteiger partial charge in [0.25, 0.3) is 0 Å². The molecule has 2 aromatic rings. The van der Waals surface area contributed by atoms with Crippen molar-refractivity contribution in [3.8, 4) is 5.75 Å². The van der Waals surface area contributed by atoms with E-state index in [9.17, 15) is 18.4 Å². The van der Waals surface area contributed by atoms with Crippen LogP contribution in [0, 0.1) is 5.92 Å². The molecule has 0 saturated carbocycles. The number of halogens is 3. The van der Waals surface area contributed by atoms with Crippen molar-refractivity contribution in [2.45, 2.75) is 19.5 Å². The van der Waals surface area contributed by atoms with Gasteiger partial charge in [0, 0.05) is 36.8 Å². The first-order chi connectivity index (χ1) is 14.4. The molecule has 2 amide bonds. The van der Waals surface area contributed by atoms with Crippen LogP contribution in [-0.4, -0.2) is 41.4 Å². The number of carbonyl (C=O) groups is 2. The lowest BCUT2D eigenvalue weighted by Gasteiger charge is -2.30. The Balaban J connectivity index is 1.52. The number of benzene rings is 1. The average molecular weight is 436 g/mol. The van der Waals surface area contributed by atoms with E-state index in [1.54, 1.807) is 35.2 Å². The summed E-state index contributed by atoms with van der Waals surface area (Å²) in [5.74, 6) is -0.195. The van der Waals surface area contributed by atoms with E-state index in [4.69, 9.17) is 11.6 Å². The maximum absolute atomic E-state index is 12.5. The van der Waals surface area contributed by atoms with Crippen LogP contribution in [0.1, 0.15) is 18.4 Å². The van der Waals surface area contributed by atoms with Gasteiger partial charge in [-0.1, -0.05) is 29.8 Å². The van der Waals surface area contributed by atoms with E-state index in [1.807, 2.05) is 0 Å². The molecule has 30 heavy (non-hydrogen) atoms.